The van der Waals surface area contributed by atoms with Crippen molar-refractivity contribution in [3.05, 3.63) is 58.3 Å². The smallest absolute Gasteiger partial charge is 0.295 e. The molecule has 1 aliphatic rings. The SMILES string of the molecule is CCc1ncnc(C2CC2)c1-c1ncc2nc(NCc3ccc(S(=O)(=O)CC)cn3)c(=O)n([C@H](C)COC)c2n1. The average molecular weight is 565 g/mol. The largest absolute Gasteiger partial charge is 0.383 e. The average Bonchev–Trinajstić information content (AvgIpc) is 3.81. The molecule has 4 heterocycles. The molecule has 1 N–H and O–H groups in total. The van der Waals surface area contributed by atoms with Crippen LogP contribution in [0.3, 0.4) is 0 Å². The molecule has 1 aliphatic carbocycles. The molecule has 12 nitrogen and oxygen atoms in total. The Kier molecular flexibility index (Phi) is 7.86. The van der Waals surface area contributed by atoms with Gasteiger partial charge in [0.15, 0.2) is 27.1 Å². The van der Waals surface area contributed by atoms with Crippen molar-refractivity contribution in [1.29, 1.82) is 0 Å². The van der Waals surface area contributed by atoms with Crippen molar-refractivity contribution in [1.82, 2.24) is 34.5 Å². The third-order valence-electron chi connectivity index (χ3n) is 6.93. The van der Waals surface area contributed by atoms with Gasteiger partial charge in [0.1, 0.15) is 11.8 Å². The van der Waals surface area contributed by atoms with E-state index in [1.54, 1.807) is 37.2 Å². The van der Waals surface area contributed by atoms with E-state index in [9.17, 15) is 13.2 Å². The molecule has 0 bridgehead atoms. The first kappa shape index (κ1) is 27.7. The number of anilines is 1. The molecule has 5 rings (SSSR count). The van der Waals surface area contributed by atoms with Crippen molar-refractivity contribution < 1.29 is 13.2 Å². The quantitative estimate of drug-likeness (QED) is 0.286. The molecule has 40 heavy (non-hydrogen) atoms. The number of aromatic nitrogens is 7. The van der Waals surface area contributed by atoms with Crippen molar-refractivity contribution >= 4 is 26.8 Å². The van der Waals surface area contributed by atoms with Crippen LogP contribution in [0.2, 0.25) is 0 Å². The Balaban J connectivity index is 1.55. The first-order valence-corrected chi connectivity index (χ1v) is 15.0. The lowest BCUT2D eigenvalue weighted by molar-refractivity contribution is 0.162. The van der Waals surface area contributed by atoms with E-state index in [1.165, 1.54) is 12.3 Å². The lowest BCUT2D eigenvalue weighted by Gasteiger charge is -2.19. The zero-order chi connectivity index (χ0) is 28.4. The van der Waals surface area contributed by atoms with Crippen LogP contribution in [0.5, 0.6) is 0 Å². The van der Waals surface area contributed by atoms with Gasteiger partial charge in [0.25, 0.3) is 5.56 Å². The number of hydrogen-bond acceptors (Lipinski definition) is 11. The monoisotopic (exact) mass is 564 g/mol. The van der Waals surface area contributed by atoms with Crippen LogP contribution in [-0.4, -0.2) is 62.4 Å². The van der Waals surface area contributed by atoms with Crippen molar-refractivity contribution in [2.75, 3.05) is 24.8 Å². The van der Waals surface area contributed by atoms with E-state index in [0.29, 0.717) is 35.0 Å². The molecule has 210 valence electrons. The third-order valence-corrected chi connectivity index (χ3v) is 8.65. The lowest BCUT2D eigenvalue weighted by Crippen LogP contribution is -2.30. The number of rotatable bonds is 11. The van der Waals surface area contributed by atoms with E-state index >= 15 is 0 Å². The Morgan fingerprint density at radius 2 is 1.90 bits per heavy atom. The summed E-state index contributed by atoms with van der Waals surface area (Å²) in [7, 11) is -1.77. The Bertz CT molecular complexity index is 1700. The summed E-state index contributed by atoms with van der Waals surface area (Å²) in [5.41, 5.74) is 3.67. The molecule has 0 unspecified atom stereocenters. The Morgan fingerprint density at radius 1 is 1.10 bits per heavy atom. The number of ether oxygens (including phenoxy) is 1. The number of hydrogen-bond donors (Lipinski definition) is 1. The van der Waals surface area contributed by atoms with Gasteiger partial charge < -0.3 is 10.1 Å². The van der Waals surface area contributed by atoms with E-state index < -0.39 is 9.84 Å². The maximum absolute atomic E-state index is 13.7. The summed E-state index contributed by atoms with van der Waals surface area (Å²) >= 11 is 0. The van der Waals surface area contributed by atoms with Crippen LogP contribution in [0.15, 0.2) is 40.5 Å². The van der Waals surface area contributed by atoms with Crippen LogP contribution >= 0.6 is 0 Å². The molecule has 1 atom stereocenters. The molecule has 0 aliphatic heterocycles. The fraction of sp³-hybridized carbons (Fsp3) is 0.444. The van der Waals surface area contributed by atoms with Gasteiger partial charge in [-0.05, 0) is 38.3 Å². The molecule has 0 amide bonds. The van der Waals surface area contributed by atoms with Crippen LogP contribution in [0.1, 0.15) is 62.7 Å². The molecular formula is C27H32N8O4S. The molecule has 4 aromatic rings. The minimum atomic E-state index is -3.35. The summed E-state index contributed by atoms with van der Waals surface area (Å²) in [5, 5.41) is 3.06. The maximum Gasteiger partial charge on any atom is 0.295 e. The van der Waals surface area contributed by atoms with Crippen molar-refractivity contribution in [3.63, 3.8) is 0 Å². The van der Waals surface area contributed by atoms with E-state index in [4.69, 9.17) is 9.72 Å². The van der Waals surface area contributed by atoms with Gasteiger partial charge in [-0.2, -0.15) is 0 Å². The molecule has 1 saturated carbocycles. The summed E-state index contributed by atoms with van der Waals surface area (Å²) in [5.74, 6) is 0.940. The third kappa shape index (κ3) is 5.43. The first-order chi connectivity index (χ1) is 19.3. The van der Waals surface area contributed by atoms with Gasteiger partial charge in [-0.1, -0.05) is 13.8 Å². The van der Waals surface area contributed by atoms with Gasteiger partial charge >= 0.3 is 0 Å². The predicted molar refractivity (Wildman–Crippen MR) is 150 cm³/mol. The fourth-order valence-electron chi connectivity index (χ4n) is 4.62. The van der Waals surface area contributed by atoms with E-state index in [0.717, 1.165) is 29.8 Å². The number of sulfone groups is 1. The first-order valence-electron chi connectivity index (χ1n) is 13.3. The van der Waals surface area contributed by atoms with Crippen LogP contribution in [0.25, 0.3) is 22.6 Å². The van der Waals surface area contributed by atoms with Crippen LogP contribution < -0.4 is 10.9 Å². The zero-order valence-electron chi connectivity index (χ0n) is 23.0. The molecule has 4 aromatic heterocycles. The molecule has 0 aromatic carbocycles. The Morgan fingerprint density at radius 3 is 2.55 bits per heavy atom. The van der Waals surface area contributed by atoms with Gasteiger partial charge in [0, 0.05) is 19.2 Å². The second-order valence-electron chi connectivity index (χ2n) is 9.79. The second kappa shape index (κ2) is 11.3. The number of pyridine rings is 1. The number of nitrogens with zero attached hydrogens (tertiary/aromatic N) is 7. The minimum absolute atomic E-state index is 0.00474. The topological polar surface area (TPSA) is 155 Å². The lowest BCUT2D eigenvalue weighted by atomic mass is 10.1. The van der Waals surface area contributed by atoms with Gasteiger partial charge in [-0.3, -0.25) is 14.3 Å². The highest BCUT2D eigenvalue weighted by Gasteiger charge is 2.31. The van der Waals surface area contributed by atoms with Crippen LogP contribution in [-0.2, 0) is 27.5 Å². The molecule has 0 saturated heterocycles. The Hall–Kier alpha value is -3.84. The minimum Gasteiger partial charge on any atom is -0.383 e. The normalized spacial score (nSPS) is 14.4. The number of nitrogens with one attached hydrogen (secondary N) is 1. The predicted octanol–water partition coefficient (Wildman–Crippen LogP) is 3.09. The molecule has 13 heteroatoms. The Labute approximate surface area is 232 Å². The van der Waals surface area contributed by atoms with Gasteiger partial charge in [0.05, 0.1) is 58.7 Å². The van der Waals surface area contributed by atoms with Gasteiger partial charge in [0.2, 0.25) is 0 Å². The molecule has 0 radical (unpaired) electrons. The highest BCUT2D eigenvalue weighted by atomic mass is 32.2. The molecular weight excluding hydrogens is 532 g/mol. The van der Waals surface area contributed by atoms with E-state index in [1.807, 2.05) is 13.8 Å². The van der Waals surface area contributed by atoms with Crippen LogP contribution in [0, 0.1) is 0 Å². The second-order valence-corrected chi connectivity index (χ2v) is 12.1. The van der Waals surface area contributed by atoms with Crippen molar-refractivity contribution in [3.8, 4) is 11.4 Å². The highest BCUT2D eigenvalue weighted by molar-refractivity contribution is 7.91. The van der Waals surface area contributed by atoms with Gasteiger partial charge in [-0.15, -0.1) is 0 Å². The summed E-state index contributed by atoms with van der Waals surface area (Å²) in [6.45, 7) is 5.95. The van der Waals surface area contributed by atoms with E-state index in [-0.39, 0.29) is 41.2 Å². The molecule has 0 spiro atoms. The van der Waals surface area contributed by atoms with Gasteiger partial charge in [-0.25, -0.2) is 33.3 Å². The zero-order valence-corrected chi connectivity index (χ0v) is 23.8. The number of aryl methyl sites for hydroxylation is 1. The summed E-state index contributed by atoms with van der Waals surface area (Å²) in [6.07, 6.45) is 7.37. The summed E-state index contributed by atoms with van der Waals surface area (Å²) < 4.78 is 31.1. The van der Waals surface area contributed by atoms with Crippen molar-refractivity contribution in [2.45, 2.75) is 63.4 Å². The summed E-state index contributed by atoms with van der Waals surface area (Å²) in [6, 6.07) is 2.78. The van der Waals surface area contributed by atoms with E-state index in [2.05, 4.69) is 30.2 Å². The fourth-order valence-corrected chi connectivity index (χ4v) is 5.44. The van der Waals surface area contributed by atoms with Crippen molar-refractivity contribution in [2.24, 2.45) is 0 Å². The summed E-state index contributed by atoms with van der Waals surface area (Å²) in [4.78, 5) is 41.2. The number of fused-ring (bicyclic) bond motifs is 1. The molecule has 1 fully saturated rings. The standard InChI is InChI=1S/C27H32N8O4S/c1-5-20-22(23(17-7-8-17)32-15-31-20)24-30-13-21-26(34-24)35(16(3)14-39-4)27(36)25(33-21)29-11-18-9-10-19(12-28-18)40(37,38)6-2/h9-10,12-13,15-17H,5-8,11,14H2,1-4H3,(H,29,33)/t16-/m1/s1. The highest BCUT2D eigenvalue weighted by Crippen LogP contribution is 2.43. The van der Waals surface area contributed by atoms with Crippen LogP contribution in [0.4, 0.5) is 5.82 Å². The number of methoxy groups -OCH3 is 1. The maximum atomic E-state index is 13.7.